The SMILES string of the molecule is CC(C)(C)OC(=O)N1CCCC2(CCCN2c2ccccc2)C1. The average Bonchev–Trinajstić information content (AvgIpc) is 2.89. The molecule has 1 aromatic carbocycles. The molecule has 0 saturated carbocycles. The number of para-hydroxylation sites is 1. The van der Waals surface area contributed by atoms with E-state index < -0.39 is 5.60 Å². The molecule has 3 rings (SSSR count). The van der Waals surface area contributed by atoms with E-state index in [2.05, 4.69) is 35.2 Å². The minimum absolute atomic E-state index is 0.0799. The Bertz CT molecular complexity index is 552. The molecule has 1 unspecified atom stereocenters. The fourth-order valence-electron chi connectivity index (χ4n) is 3.97. The smallest absolute Gasteiger partial charge is 0.410 e. The highest BCUT2D eigenvalue weighted by atomic mass is 16.6. The number of anilines is 1. The quantitative estimate of drug-likeness (QED) is 0.783. The van der Waals surface area contributed by atoms with Crippen LogP contribution in [-0.4, -0.2) is 41.8 Å². The van der Waals surface area contributed by atoms with Crippen LogP contribution < -0.4 is 4.90 Å². The fourth-order valence-corrected chi connectivity index (χ4v) is 3.97. The molecule has 2 heterocycles. The minimum atomic E-state index is -0.434. The van der Waals surface area contributed by atoms with Crippen molar-refractivity contribution in [1.29, 1.82) is 0 Å². The Morgan fingerprint density at radius 2 is 1.74 bits per heavy atom. The molecule has 1 atom stereocenters. The van der Waals surface area contributed by atoms with Crippen molar-refractivity contribution in [2.75, 3.05) is 24.5 Å². The van der Waals surface area contributed by atoms with Crippen molar-refractivity contribution < 1.29 is 9.53 Å². The fraction of sp³-hybridized carbons (Fsp3) is 0.632. The van der Waals surface area contributed by atoms with Crippen molar-refractivity contribution in [3.8, 4) is 0 Å². The van der Waals surface area contributed by atoms with E-state index in [9.17, 15) is 4.79 Å². The van der Waals surface area contributed by atoms with Gasteiger partial charge < -0.3 is 14.5 Å². The molecular formula is C19H28N2O2. The van der Waals surface area contributed by atoms with Gasteiger partial charge in [-0.25, -0.2) is 4.79 Å². The maximum absolute atomic E-state index is 12.5. The van der Waals surface area contributed by atoms with Gasteiger partial charge in [-0.05, 0) is 58.6 Å². The van der Waals surface area contributed by atoms with Gasteiger partial charge in [0.2, 0.25) is 0 Å². The van der Waals surface area contributed by atoms with E-state index in [1.165, 1.54) is 12.1 Å². The van der Waals surface area contributed by atoms with Crippen LogP contribution in [0, 0.1) is 0 Å². The molecule has 2 aliphatic rings. The lowest BCUT2D eigenvalue weighted by Crippen LogP contribution is -2.57. The molecule has 126 valence electrons. The Balaban J connectivity index is 1.77. The highest BCUT2D eigenvalue weighted by Gasteiger charge is 2.45. The maximum Gasteiger partial charge on any atom is 0.410 e. The Hall–Kier alpha value is -1.71. The predicted octanol–water partition coefficient (Wildman–Crippen LogP) is 4.06. The molecule has 0 N–H and O–H groups in total. The molecular weight excluding hydrogens is 288 g/mol. The monoisotopic (exact) mass is 316 g/mol. The highest BCUT2D eigenvalue weighted by Crippen LogP contribution is 2.40. The summed E-state index contributed by atoms with van der Waals surface area (Å²) >= 11 is 0. The molecule has 0 bridgehead atoms. The van der Waals surface area contributed by atoms with E-state index >= 15 is 0 Å². The van der Waals surface area contributed by atoms with Crippen LogP contribution in [0.1, 0.15) is 46.5 Å². The first kappa shape index (κ1) is 16.2. The zero-order chi connectivity index (χ0) is 16.5. The third kappa shape index (κ3) is 3.46. The normalized spacial score (nSPS) is 25.0. The van der Waals surface area contributed by atoms with Gasteiger partial charge in [-0.3, -0.25) is 0 Å². The number of carbonyl (C=O) groups excluding carboxylic acids is 1. The van der Waals surface area contributed by atoms with E-state index in [1.54, 1.807) is 0 Å². The summed E-state index contributed by atoms with van der Waals surface area (Å²) in [5.74, 6) is 0. The number of carbonyl (C=O) groups is 1. The molecule has 4 nitrogen and oxygen atoms in total. The van der Waals surface area contributed by atoms with Crippen molar-refractivity contribution in [1.82, 2.24) is 4.90 Å². The zero-order valence-corrected chi connectivity index (χ0v) is 14.5. The number of rotatable bonds is 1. The second-order valence-electron chi connectivity index (χ2n) is 7.82. The molecule has 0 aromatic heterocycles. The first-order valence-corrected chi connectivity index (χ1v) is 8.70. The second-order valence-corrected chi connectivity index (χ2v) is 7.82. The number of ether oxygens (including phenoxy) is 1. The third-order valence-electron chi connectivity index (χ3n) is 4.87. The Labute approximate surface area is 139 Å². The van der Waals surface area contributed by atoms with E-state index in [0.717, 1.165) is 38.9 Å². The number of benzene rings is 1. The average molecular weight is 316 g/mol. The van der Waals surface area contributed by atoms with Gasteiger partial charge >= 0.3 is 6.09 Å². The molecule has 1 aromatic rings. The second kappa shape index (κ2) is 6.06. The number of nitrogens with zero attached hydrogens (tertiary/aromatic N) is 2. The highest BCUT2D eigenvalue weighted by molar-refractivity contribution is 5.69. The number of amides is 1. The van der Waals surface area contributed by atoms with Crippen LogP contribution in [0.4, 0.5) is 10.5 Å². The van der Waals surface area contributed by atoms with Crippen molar-refractivity contribution in [3.05, 3.63) is 30.3 Å². The molecule has 0 radical (unpaired) electrons. The number of hydrogen-bond donors (Lipinski definition) is 0. The van der Waals surface area contributed by atoms with Crippen LogP contribution in [0.2, 0.25) is 0 Å². The summed E-state index contributed by atoms with van der Waals surface area (Å²) in [5.41, 5.74) is 0.920. The van der Waals surface area contributed by atoms with Crippen LogP contribution in [0.25, 0.3) is 0 Å². The summed E-state index contributed by atoms with van der Waals surface area (Å²) in [6.45, 7) is 8.44. The predicted molar refractivity (Wildman–Crippen MR) is 92.8 cm³/mol. The van der Waals surface area contributed by atoms with E-state index in [-0.39, 0.29) is 11.6 Å². The van der Waals surface area contributed by atoms with Crippen molar-refractivity contribution >= 4 is 11.8 Å². The minimum Gasteiger partial charge on any atom is -0.444 e. The summed E-state index contributed by atoms with van der Waals surface area (Å²) in [6.07, 6.45) is 4.37. The Morgan fingerprint density at radius 3 is 2.39 bits per heavy atom. The molecule has 1 amide bonds. The Kier molecular flexibility index (Phi) is 4.26. The third-order valence-corrected chi connectivity index (χ3v) is 4.87. The molecule has 1 spiro atoms. The zero-order valence-electron chi connectivity index (χ0n) is 14.5. The van der Waals surface area contributed by atoms with Crippen LogP contribution in [-0.2, 0) is 4.74 Å². The first-order chi connectivity index (χ1) is 10.9. The summed E-state index contributed by atoms with van der Waals surface area (Å²) in [5, 5.41) is 0. The van der Waals surface area contributed by atoms with Gasteiger partial charge in [-0.1, -0.05) is 18.2 Å². The maximum atomic E-state index is 12.5. The molecule has 2 saturated heterocycles. The van der Waals surface area contributed by atoms with Crippen molar-refractivity contribution in [3.63, 3.8) is 0 Å². The summed E-state index contributed by atoms with van der Waals surface area (Å²) in [6, 6.07) is 10.6. The van der Waals surface area contributed by atoms with Gasteiger partial charge in [0.1, 0.15) is 5.60 Å². The number of hydrogen-bond acceptors (Lipinski definition) is 3. The molecule has 4 heteroatoms. The van der Waals surface area contributed by atoms with Gasteiger partial charge in [0.15, 0.2) is 0 Å². The summed E-state index contributed by atoms with van der Waals surface area (Å²) < 4.78 is 5.59. The number of likely N-dealkylation sites (tertiary alicyclic amines) is 1. The first-order valence-electron chi connectivity index (χ1n) is 8.70. The van der Waals surface area contributed by atoms with Gasteiger partial charge in [0.25, 0.3) is 0 Å². The molecule has 2 fully saturated rings. The van der Waals surface area contributed by atoms with Crippen LogP contribution in [0.15, 0.2) is 30.3 Å². The van der Waals surface area contributed by atoms with Crippen LogP contribution in [0.3, 0.4) is 0 Å². The van der Waals surface area contributed by atoms with Gasteiger partial charge in [0, 0.05) is 25.3 Å². The van der Waals surface area contributed by atoms with Gasteiger partial charge in [-0.2, -0.15) is 0 Å². The Morgan fingerprint density at radius 1 is 1.09 bits per heavy atom. The standard InChI is InChI=1S/C19H28N2O2/c1-18(2,3)23-17(22)20-13-7-11-19(15-20)12-8-14-21(19)16-9-5-4-6-10-16/h4-6,9-10H,7-8,11-15H2,1-3H3. The topological polar surface area (TPSA) is 32.8 Å². The lowest BCUT2D eigenvalue weighted by Gasteiger charge is -2.47. The van der Waals surface area contributed by atoms with Gasteiger partial charge in [0.05, 0.1) is 5.54 Å². The number of piperidine rings is 1. The molecule has 2 aliphatic heterocycles. The van der Waals surface area contributed by atoms with Crippen molar-refractivity contribution in [2.24, 2.45) is 0 Å². The summed E-state index contributed by atoms with van der Waals surface area (Å²) in [7, 11) is 0. The van der Waals surface area contributed by atoms with Gasteiger partial charge in [-0.15, -0.1) is 0 Å². The molecule has 0 aliphatic carbocycles. The largest absolute Gasteiger partial charge is 0.444 e. The lowest BCUT2D eigenvalue weighted by atomic mass is 9.86. The van der Waals surface area contributed by atoms with E-state index in [4.69, 9.17) is 4.74 Å². The lowest BCUT2D eigenvalue weighted by molar-refractivity contribution is 0.0143. The summed E-state index contributed by atoms with van der Waals surface area (Å²) in [4.78, 5) is 16.9. The van der Waals surface area contributed by atoms with Crippen molar-refractivity contribution in [2.45, 2.75) is 57.6 Å². The molecule has 23 heavy (non-hydrogen) atoms. The van der Waals surface area contributed by atoms with Crippen LogP contribution in [0.5, 0.6) is 0 Å². The van der Waals surface area contributed by atoms with Crippen LogP contribution >= 0.6 is 0 Å². The van der Waals surface area contributed by atoms with E-state index in [1.807, 2.05) is 25.7 Å². The van der Waals surface area contributed by atoms with E-state index in [0.29, 0.717) is 0 Å².